The number of nitrogens with one attached hydrogen (secondary N) is 1. The second-order valence-electron chi connectivity index (χ2n) is 6.22. The van der Waals surface area contributed by atoms with Crippen molar-refractivity contribution in [2.24, 2.45) is 0 Å². The summed E-state index contributed by atoms with van der Waals surface area (Å²) in [5, 5.41) is 14.7. The first-order chi connectivity index (χ1) is 13.0. The molecule has 0 aliphatic heterocycles. The number of aromatic nitrogens is 5. The lowest BCUT2D eigenvalue weighted by atomic mass is 10.2. The van der Waals surface area contributed by atoms with Crippen LogP contribution in [0.4, 0.5) is 0 Å². The quantitative estimate of drug-likeness (QED) is 0.657. The molecule has 0 saturated heterocycles. The van der Waals surface area contributed by atoms with Crippen LogP contribution in [0.15, 0.2) is 48.9 Å². The van der Waals surface area contributed by atoms with Gasteiger partial charge in [0.25, 0.3) is 5.91 Å². The van der Waals surface area contributed by atoms with Crippen LogP contribution in [0.5, 0.6) is 0 Å². The first-order valence-electron chi connectivity index (χ1n) is 8.50. The molecule has 0 aliphatic rings. The van der Waals surface area contributed by atoms with Crippen molar-refractivity contribution in [1.82, 2.24) is 35.0 Å². The molecular formula is C18H21N7O2. The number of carbonyl (C=O) groups excluding carboxylic acids is 2. The van der Waals surface area contributed by atoms with Crippen molar-refractivity contribution >= 4 is 11.8 Å². The lowest BCUT2D eigenvalue weighted by Crippen LogP contribution is -2.27. The van der Waals surface area contributed by atoms with E-state index in [1.807, 2.05) is 36.5 Å². The van der Waals surface area contributed by atoms with Crippen LogP contribution in [0, 0.1) is 0 Å². The van der Waals surface area contributed by atoms with Crippen LogP contribution >= 0.6 is 0 Å². The summed E-state index contributed by atoms with van der Waals surface area (Å²) in [6.07, 6.45) is 5.82. The Labute approximate surface area is 156 Å². The molecule has 3 aromatic rings. The minimum Gasteiger partial charge on any atom is -0.350 e. The van der Waals surface area contributed by atoms with Gasteiger partial charge in [0.15, 0.2) is 5.69 Å². The van der Waals surface area contributed by atoms with Crippen LogP contribution in [-0.4, -0.2) is 62.1 Å². The molecule has 3 rings (SSSR count). The SMILES string of the molecule is CN(C)C(=O)Cn1cc(C(=O)NCCc2cnn(-c3ccccc3)c2)nn1. The van der Waals surface area contributed by atoms with Crippen molar-refractivity contribution < 1.29 is 9.59 Å². The van der Waals surface area contributed by atoms with Crippen LogP contribution in [0.3, 0.4) is 0 Å². The van der Waals surface area contributed by atoms with Crippen LogP contribution in [0.1, 0.15) is 16.1 Å². The van der Waals surface area contributed by atoms with Gasteiger partial charge < -0.3 is 10.2 Å². The number of para-hydroxylation sites is 1. The summed E-state index contributed by atoms with van der Waals surface area (Å²) in [7, 11) is 3.32. The summed E-state index contributed by atoms with van der Waals surface area (Å²) in [4.78, 5) is 25.3. The zero-order valence-corrected chi connectivity index (χ0v) is 15.2. The first-order valence-corrected chi connectivity index (χ1v) is 8.50. The third kappa shape index (κ3) is 4.78. The molecule has 27 heavy (non-hydrogen) atoms. The maximum atomic E-state index is 12.2. The summed E-state index contributed by atoms with van der Waals surface area (Å²) >= 11 is 0. The average molecular weight is 367 g/mol. The standard InChI is InChI=1S/C18H21N7O2/c1-23(2)17(26)13-24-12-16(21-22-24)18(27)19-9-8-14-10-20-25(11-14)15-6-4-3-5-7-15/h3-7,10-12H,8-9,13H2,1-2H3,(H,19,27). The van der Waals surface area contributed by atoms with Crippen LogP contribution in [0.25, 0.3) is 5.69 Å². The fourth-order valence-electron chi connectivity index (χ4n) is 2.38. The largest absolute Gasteiger partial charge is 0.350 e. The fourth-order valence-corrected chi connectivity index (χ4v) is 2.38. The minimum absolute atomic E-state index is 0.0476. The van der Waals surface area contributed by atoms with Crippen molar-refractivity contribution in [3.05, 3.63) is 60.2 Å². The fraction of sp³-hybridized carbons (Fsp3) is 0.278. The molecule has 0 radical (unpaired) electrons. The second kappa shape index (κ2) is 8.26. The van der Waals surface area contributed by atoms with Gasteiger partial charge in [-0.2, -0.15) is 5.10 Å². The highest BCUT2D eigenvalue weighted by atomic mass is 16.2. The minimum atomic E-state index is -0.325. The molecule has 2 aromatic heterocycles. The summed E-state index contributed by atoms with van der Waals surface area (Å²) in [5.41, 5.74) is 2.18. The predicted molar refractivity (Wildman–Crippen MR) is 98.3 cm³/mol. The number of nitrogens with zero attached hydrogens (tertiary/aromatic N) is 6. The number of amides is 2. The van der Waals surface area contributed by atoms with E-state index >= 15 is 0 Å². The molecule has 0 fully saturated rings. The number of rotatable bonds is 7. The van der Waals surface area contributed by atoms with Gasteiger partial charge in [-0.1, -0.05) is 23.4 Å². The van der Waals surface area contributed by atoms with Gasteiger partial charge in [-0.05, 0) is 24.1 Å². The van der Waals surface area contributed by atoms with Gasteiger partial charge in [-0.3, -0.25) is 9.59 Å². The van der Waals surface area contributed by atoms with Gasteiger partial charge in [0.1, 0.15) is 6.54 Å². The van der Waals surface area contributed by atoms with Gasteiger partial charge in [0.2, 0.25) is 5.91 Å². The molecule has 0 aliphatic carbocycles. The molecule has 0 saturated carbocycles. The molecule has 1 N–H and O–H groups in total. The smallest absolute Gasteiger partial charge is 0.273 e. The van der Waals surface area contributed by atoms with Crippen molar-refractivity contribution in [2.75, 3.05) is 20.6 Å². The molecule has 0 bridgehead atoms. The summed E-state index contributed by atoms with van der Waals surface area (Å²) in [6.45, 7) is 0.495. The van der Waals surface area contributed by atoms with Gasteiger partial charge in [0, 0.05) is 26.8 Å². The van der Waals surface area contributed by atoms with E-state index < -0.39 is 0 Å². The molecule has 140 valence electrons. The summed E-state index contributed by atoms with van der Waals surface area (Å²) < 4.78 is 3.14. The molecule has 9 heteroatoms. The lowest BCUT2D eigenvalue weighted by Gasteiger charge is -2.08. The highest BCUT2D eigenvalue weighted by Gasteiger charge is 2.13. The number of likely N-dealkylation sites (N-methyl/N-ethyl adjacent to an activating group) is 1. The van der Waals surface area contributed by atoms with Gasteiger partial charge >= 0.3 is 0 Å². The van der Waals surface area contributed by atoms with Crippen LogP contribution < -0.4 is 5.32 Å². The summed E-state index contributed by atoms with van der Waals surface area (Å²) in [6, 6.07) is 9.81. The van der Waals surface area contributed by atoms with E-state index in [0.29, 0.717) is 13.0 Å². The molecular weight excluding hydrogens is 346 g/mol. The number of benzene rings is 1. The van der Waals surface area contributed by atoms with Crippen molar-refractivity contribution in [1.29, 1.82) is 0 Å². The van der Waals surface area contributed by atoms with E-state index in [1.165, 1.54) is 15.8 Å². The van der Waals surface area contributed by atoms with Crippen LogP contribution in [-0.2, 0) is 17.8 Å². The first kappa shape index (κ1) is 18.3. The number of hydrogen-bond acceptors (Lipinski definition) is 5. The van der Waals surface area contributed by atoms with Gasteiger partial charge in [-0.25, -0.2) is 9.36 Å². The van der Waals surface area contributed by atoms with E-state index in [9.17, 15) is 9.59 Å². The molecule has 0 atom stereocenters. The third-order valence-corrected chi connectivity index (χ3v) is 3.92. The highest BCUT2D eigenvalue weighted by Crippen LogP contribution is 2.07. The Morgan fingerprint density at radius 2 is 1.93 bits per heavy atom. The maximum absolute atomic E-state index is 12.2. The van der Waals surface area contributed by atoms with E-state index in [1.54, 1.807) is 25.0 Å². The maximum Gasteiger partial charge on any atom is 0.273 e. The number of hydrogen-bond donors (Lipinski definition) is 1. The number of carbonyl (C=O) groups is 2. The topological polar surface area (TPSA) is 97.9 Å². The normalized spacial score (nSPS) is 10.6. The van der Waals surface area contributed by atoms with Gasteiger partial charge in [0.05, 0.1) is 18.1 Å². The Morgan fingerprint density at radius 1 is 1.15 bits per heavy atom. The Bertz CT molecular complexity index is 915. The van der Waals surface area contributed by atoms with E-state index in [-0.39, 0.29) is 24.1 Å². The zero-order valence-electron chi connectivity index (χ0n) is 15.2. The molecule has 0 unspecified atom stereocenters. The molecule has 0 spiro atoms. The molecule has 2 heterocycles. The molecule has 1 aromatic carbocycles. The van der Waals surface area contributed by atoms with Crippen molar-refractivity contribution in [2.45, 2.75) is 13.0 Å². The van der Waals surface area contributed by atoms with Gasteiger partial charge in [-0.15, -0.1) is 5.10 Å². The van der Waals surface area contributed by atoms with E-state index in [2.05, 4.69) is 20.7 Å². The van der Waals surface area contributed by atoms with Crippen molar-refractivity contribution in [3.8, 4) is 5.69 Å². The average Bonchev–Trinajstić information content (AvgIpc) is 3.32. The molecule has 9 nitrogen and oxygen atoms in total. The highest BCUT2D eigenvalue weighted by molar-refractivity contribution is 5.91. The predicted octanol–water partition coefficient (Wildman–Crippen LogP) is 0.524. The monoisotopic (exact) mass is 367 g/mol. The lowest BCUT2D eigenvalue weighted by molar-refractivity contribution is -0.129. The Kier molecular flexibility index (Phi) is 5.60. The Hall–Kier alpha value is -3.49. The van der Waals surface area contributed by atoms with E-state index in [4.69, 9.17) is 0 Å². The second-order valence-corrected chi connectivity index (χ2v) is 6.22. The van der Waals surface area contributed by atoms with Crippen molar-refractivity contribution in [3.63, 3.8) is 0 Å². The third-order valence-electron chi connectivity index (χ3n) is 3.92. The Morgan fingerprint density at radius 3 is 2.67 bits per heavy atom. The summed E-state index contributed by atoms with van der Waals surface area (Å²) in [5.74, 6) is -0.448. The molecule has 2 amide bonds. The Balaban J connectivity index is 1.49. The van der Waals surface area contributed by atoms with E-state index in [0.717, 1.165) is 11.3 Å². The zero-order chi connectivity index (χ0) is 19.2. The van der Waals surface area contributed by atoms with Crippen LogP contribution in [0.2, 0.25) is 0 Å².